The number of likely N-dealkylation sites (tertiary alicyclic amines) is 1. The molecule has 0 amide bonds. The van der Waals surface area contributed by atoms with Gasteiger partial charge in [0.15, 0.2) is 0 Å². The van der Waals surface area contributed by atoms with Gasteiger partial charge in [-0.05, 0) is 56.6 Å². The van der Waals surface area contributed by atoms with Crippen molar-refractivity contribution >= 4 is 11.5 Å². The molecule has 21 heavy (non-hydrogen) atoms. The van der Waals surface area contributed by atoms with Crippen LogP contribution in [0.5, 0.6) is 0 Å². The molecule has 0 bridgehead atoms. The van der Waals surface area contributed by atoms with E-state index in [-0.39, 0.29) is 0 Å². The Balaban J connectivity index is 1.61. The number of hydrogen-bond acceptors (Lipinski definition) is 5. The smallest absolute Gasteiger partial charge is 0.126 e. The number of aromatic nitrogens is 4. The zero-order chi connectivity index (χ0) is 14.2. The molecule has 1 aliphatic carbocycles. The van der Waals surface area contributed by atoms with E-state index in [1.165, 1.54) is 60.8 Å². The van der Waals surface area contributed by atoms with Crippen LogP contribution in [-0.4, -0.2) is 30.6 Å². The van der Waals surface area contributed by atoms with Crippen LogP contribution in [0.2, 0.25) is 0 Å². The number of rotatable bonds is 3. The molecular formula is C15H21N5S. The molecule has 0 aromatic carbocycles. The molecule has 0 N–H and O–H groups in total. The molecule has 2 aromatic heterocycles. The van der Waals surface area contributed by atoms with Crippen LogP contribution in [0.1, 0.15) is 54.6 Å². The molecule has 0 radical (unpaired) electrons. The van der Waals surface area contributed by atoms with Crippen molar-refractivity contribution in [2.45, 2.75) is 51.1 Å². The van der Waals surface area contributed by atoms with E-state index in [1.54, 1.807) is 0 Å². The van der Waals surface area contributed by atoms with Crippen LogP contribution in [0.15, 0.2) is 5.38 Å². The van der Waals surface area contributed by atoms with Crippen molar-refractivity contribution in [3.63, 3.8) is 0 Å². The maximum Gasteiger partial charge on any atom is 0.126 e. The number of fused-ring (bicyclic) bond motifs is 1. The Morgan fingerprint density at radius 2 is 2.19 bits per heavy atom. The monoisotopic (exact) mass is 303 g/mol. The van der Waals surface area contributed by atoms with Crippen LogP contribution in [0.25, 0.3) is 0 Å². The summed E-state index contributed by atoms with van der Waals surface area (Å²) in [4.78, 5) is 7.52. The highest BCUT2D eigenvalue weighted by molar-refractivity contribution is 7.03. The zero-order valence-electron chi connectivity index (χ0n) is 12.5. The molecule has 0 unspecified atom stereocenters. The lowest BCUT2D eigenvalue weighted by Crippen LogP contribution is -2.25. The standard InChI is InChI=1S/C15H21N5S/c1-19-13-6-3-2-5-12(13)16-15(19)14-7-4-8-20(14)9-11-10-21-18-17-11/h10,14H,2-9H2,1H3/t14-/m0/s1. The molecule has 0 spiro atoms. The molecule has 3 heterocycles. The van der Waals surface area contributed by atoms with E-state index < -0.39 is 0 Å². The van der Waals surface area contributed by atoms with Crippen molar-refractivity contribution in [2.24, 2.45) is 7.05 Å². The Labute approximate surface area is 129 Å². The van der Waals surface area contributed by atoms with Gasteiger partial charge in [0, 0.05) is 24.7 Å². The van der Waals surface area contributed by atoms with Gasteiger partial charge in [-0.25, -0.2) is 4.98 Å². The van der Waals surface area contributed by atoms with Crippen LogP contribution < -0.4 is 0 Å². The fourth-order valence-corrected chi connectivity index (χ4v) is 4.22. The summed E-state index contributed by atoms with van der Waals surface area (Å²) < 4.78 is 6.35. The van der Waals surface area contributed by atoms with Crippen LogP contribution in [-0.2, 0) is 26.4 Å². The third-order valence-electron chi connectivity index (χ3n) is 4.84. The average Bonchev–Trinajstić information content (AvgIpc) is 3.21. The summed E-state index contributed by atoms with van der Waals surface area (Å²) in [5.74, 6) is 1.27. The van der Waals surface area contributed by atoms with Gasteiger partial charge in [-0.15, -0.1) is 5.10 Å². The Morgan fingerprint density at radius 1 is 1.29 bits per heavy atom. The minimum absolute atomic E-state index is 0.447. The molecule has 0 saturated carbocycles. The minimum atomic E-state index is 0.447. The van der Waals surface area contributed by atoms with Crippen LogP contribution in [0, 0.1) is 0 Å². The van der Waals surface area contributed by atoms with Crippen LogP contribution in [0.4, 0.5) is 0 Å². The third kappa shape index (κ3) is 2.40. The number of nitrogens with zero attached hydrogens (tertiary/aromatic N) is 5. The van der Waals surface area contributed by atoms with Gasteiger partial charge >= 0.3 is 0 Å². The van der Waals surface area contributed by atoms with Gasteiger partial charge in [-0.2, -0.15) is 0 Å². The molecule has 4 rings (SSSR count). The topological polar surface area (TPSA) is 46.8 Å². The maximum atomic E-state index is 5.00. The largest absolute Gasteiger partial charge is 0.334 e. The summed E-state index contributed by atoms with van der Waals surface area (Å²) >= 11 is 1.44. The van der Waals surface area contributed by atoms with Crippen LogP contribution >= 0.6 is 11.5 Å². The predicted octanol–water partition coefficient (Wildman–Crippen LogP) is 2.49. The highest BCUT2D eigenvalue weighted by atomic mass is 32.1. The Bertz CT molecular complexity index is 618. The Hall–Kier alpha value is -1.27. The van der Waals surface area contributed by atoms with Crippen molar-refractivity contribution in [2.75, 3.05) is 6.54 Å². The van der Waals surface area contributed by atoms with Gasteiger partial charge in [0.1, 0.15) is 5.82 Å². The second-order valence-corrected chi connectivity index (χ2v) is 6.76. The second-order valence-electron chi connectivity index (χ2n) is 6.15. The van der Waals surface area contributed by atoms with Gasteiger partial charge in [-0.1, -0.05) is 4.49 Å². The van der Waals surface area contributed by atoms with E-state index in [0.717, 1.165) is 25.2 Å². The normalized spacial score (nSPS) is 22.6. The van der Waals surface area contributed by atoms with E-state index >= 15 is 0 Å². The zero-order valence-corrected chi connectivity index (χ0v) is 13.3. The van der Waals surface area contributed by atoms with E-state index in [2.05, 4.69) is 31.5 Å². The molecular weight excluding hydrogens is 282 g/mol. The first-order valence-corrected chi connectivity index (χ1v) is 8.71. The van der Waals surface area contributed by atoms with Crippen molar-refractivity contribution in [3.05, 3.63) is 28.3 Å². The summed E-state index contributed by atoms with van der Waals surface area (Å²) in [6.45, 7) is 2.04. The van der Waals surface area contributed by atoms with Crippen molar-refractivity contribution in [1.82, 2.24) is 24.0 Å². The lowest BCUT2D eigenvalue weighted by atomic mass is 10.0. The van der Waals surface area contributed by atoms with Gasteiger partial charge in [-0.3, -0.25) is 4.90 Å². The molecule has 1 aliphatic heterocycles. The lowest BCUT2D eigenvalue weighted by molar-refractivity contribution is 0.233. The molecule has 1 saturated heterocycles. The fourth-order valence-electron chi connectivity index (χ4n) is 3.77. The molecule has 1 atom stereocenters. The van der Waals surface area contributed by atoms with Gasteiger partial charge in [0.25, 0.3) is 0 Å². The average molecular weight is 303 g/mol. The first-order chi connectivity index (χ1) is 10.3. The van der Waals surface area contributed by atoms with Gasteiger partial charge < -0.3 is 4.57 Å². The van der Waals surface area contributed by atoms with E-state index in [4.69, 9.17) is 4.98 Å². The molecule has 6 heteroatoms. The highest BCUT2D eigenvalue weighted by Gasteiger charge is 2.31. The first-order valence-electron chi connectivity index (χ1n) is 7.87. The maximum absolute atomic E-state index is 5.00. The summed E-state index contributed by atoms with van der Waals surface area (Å²) in [6, 6.07) is 0.447. The fraction of sp³-hybridized carbons (Fsp3) is 0.667. The minimum Gasteiger partial charge on any atom is -0.334 e. The van der Waals surface area contributed by atoms with E-state index in [1.807, 2.05) is 0 Å². The molecule has 2 aliphatic rings. The van der Waals surface area contributed by atoms with E-state index in [0.29, 0.717) is 6.04 Å². The second kappa shape index (κ2) is 5.50. The molecule has 1 fully saturated rings. The van der Waals surface area contributed by atoms with Gasteiger partial charge in [0.05, 0.1) is 17.4 Å². The van der Waals surface area contributed by atoms with Crippen molar-refractivity contribution in [3.8, 4) is 0 Å². The predicted molar refractivity (Wildman–Crippen MR) is 82.1 cm³/mol. The summed E-state index contributed by atoms with van der Waals surface area (Å²) in [7, 11) is 2.20. The molecule has 112 valence electrons. The number of imidazole rings is 1. The van der Waals surface area contributed by atoms with Crippen LogP contribution in [0.3, 0.4) is 0 Å². The third-order valence-corrected chi connectivity index (χ3v) is 5.39. The first kappa shape index (κ1) is 13.4. The number of aryl methyl sites for hydroxylation is 1. The summed E-state index contributed by atoms with van der Waals surface area (Å²) in [5, 5.41) is 6.25. The molecule has 2 aromatic rings. The lowest BCUT2D eigenvalue weighted by Gasteiger charge is -2.23. The summed E-state index contributed by atoms with van der Waals surface area (Å²) in [6.07, 6.45) is 7.42. The van der Waals surface area contributed by atoms with E-state index in [9.17, 15) is 0 Å². The molecule has 5 nitrogen and oxygen atoms in total. The van der Waals surface area contributed by atoms with Gasteiger partial charge in [0.2, 0.25) is 0 Å². The van der Waals surface area contributed by atoms with Crippen molar-refractivity contribution < 1.29 is 0 Å². The quantitative estimate of drug-likeness (QED) is 0.874. The number of hydrogen-bond donors (Lipinski definition) is 0. The summed E-state index contributed by atoms with van der Waals surface area (Å²) in [5.41, 5.74) is 3.91. The Kier molecular flexibility index (Phi) is 3.51. The van der Waals surface area contributed by atoms with Crippen molar-refractivity contribution in [1.29, 1.82) is 0 Å². The highest BCUT2D eigenvalue weighted by Crippen LogP contribution is 2.34. The Morgan fingerprint density at radius 3 is 3.00 bits per heavy atom. The SMILES string of the molecule is Cn1c([C@@H]2CCCN2Cc2csnn2)nc2c1CCCC2.